The Labute approximate surface area is 141 Å². The van der Waals surface area contributed by atoms with Crippen LogP contribution in [0.4, 0.5) is 5.69 Å². The SMILES string of the molecule is COc1ccc(NC(=O)c2ccc(C(C)C)cc2)cc1S(N)(=O)=O. The van der Waals surface area contributed by atoms with E-state index in [1.807, 2.05) is 12.1 Å². The Morgan fingerprint density at radius 3 is 2.25 bits per heavy atom. The van der Waals surface area contributed by atoms with Gasteiger partial charge in [-0.3, -0.25) is 4.79 Å². The summed E-state index contributed by atoms with van der Waals surface area (Å²) in [6.45, 7) is 4.14. The molecule has 0 spiro atoms. The number of hydrogen-bond donors (Lipinski definition) is 2. The Bertz CT molecular complexity index is 843. The van der Waals surface area contributed by atoms with Crippen molar-refractivity contribution in [1.29, 1.82) is 0 Å². The molecule has 2 aromatic rings. The van der Waals surface area contributed by atoms with Gasteiger partial charge < -0.3 is 10.1 Å². The van der Waals surface area contributed by atoms with E-state index in [1.54, 1.807) is 18.2 Å². The molecule has 2 rings (SSSR count). The van der Waals surface area contributed by atoms with E-state index in [4.69, 9.17) is 9.88 Å². The topological polar surface area (TPSA) is 98.5 Å². The second-order valence-corrected chi connectivity index (χ2v) is 7.17. The number of carbonyl (C=O) groups excluding carboxylic acids is 1. The van der Waals surface area contributed by atoms with E-state index in [0.717, 1.165) is 5.56 Å². The van der Waals surface area contributed by atoms with Crippen molar-refractivity contribution in [3.8, 4) is 5.75 Å². The minimum atomic E-state index is -3.96. The van der Waals surface area contributed by atoms with Crippen LogP contribution < -0.4 is 15.2 Å². The highest BCUT2D eigenvalue weighted by atomic mass is 32.2. The Morgan fingerprint density at radius 1 is 1.12 bits per heavy atom. The number of primary sulfonamides is 1. The van der Waals surface area contributed by atoms with Gasteiger partial charge in [0.05, 0.1) is 7.11 Å². The van der Waals surface area contributed by atoms with Gasteiger partial charge in [-0.25, -0.2) is 13.6 Å². The maximum absolute atomic E-state index is 12.3. The maximum Gasteiger partial charge on any atom is 0.255 e. The second-order valence-electron chi connectivity index (χ2n) is 5.64. The molecule has 0 aliphatic heterocycles. The molecule has 0 aromatic heterocycles. The summed E-state index contributed by atoms with van der Waals surface area (Å²) in [5.41, 5.74) is 1.93. The monoisotopic (exact) mass is 348 g/mol. The minimum Gasteiger partial charge on any atom is -0.495 e. The molecule has 0 bridgehead atoms. The number of nitrogens with one attached hydrogen (secondary N) is 1. The highest BCUT2D eigenvalue weighted by Crippen LogP contribution is 2.26. The van der Waals surface area contributed by atoms with Crippen molar-refractivity contribution in [2.45, 2.75) is 24.7 Å². The van der Waals surface area contributed by atoms with Crippen LogP contribution in [0.5, 0.6) is 5.75 Å². The second kappa shape index (κ2) is 7.02. The van der Waals surface area contributed by atoms with E-state index < -0.39 is 10.0 Å². The Balaban J connectivity index is 2.26. The summed E-state index contributed by atoms with van der Waals surface area (Å²) in [6, 6.07) is 11.5. The highest BCUT2D eigenvalue weighted by molar-refractivity contribution is 7.89. The van der Waals surface area contributed by atoms with E-state index in [2.05, 4.69) is 19.2 Å². The standard InChI is InChI=1S/C17H20N2O4S/c1-11(2)12-4-6-13(7-5-12)17(20)19-14-8-9-15(23-3)16(10-14)24(18,21)22/h4-11H,1-3H3,(H,19,20)(H2,18,21,22). The van der Waals surface area contributed by atoms with Crippen molar-refractivity contribution in [3.05, 3.63) is 53.6 Å². The third-order valence-corrected chi connectivity index (χ3v) is 4.50. The summed E-state index contributed by atoms with van der Waals surface area (Å²) in [6.07, 6.45) is 0. The fourth-order valence-electron chi connectivity index (χ4n) is 2.20. The fraction of sp³-hybridized carbons (Fsp3) is 0.235. The normalized spacial score (nSPS) is 11.4. The zero-order valence-electron chi connectivity index (χ0n) is 13.7. The smallest absolute Gasteiger partial charge is 0.255 e. The van der Waals surface area contributed by atoms with Gasteiger partial charge >= 0.3 is 0 Å². The van der Waals surface area contributed by atoms with Gasteiger partial charge in [0.1, 0.15) is 10.6 Å². The van der Waals surface area contributed by atoms with Crippen LogP contribution in [0.15, 0.2) is 47.4 Å². The summed E-state index contributed by atoms with van der Waals surface area (Å²) < 4.78 is 28.2. The van der Waals surface area contributed by atoms with Gasteiger partial charge in [0.15, 0.2) is 0 Å². The van der Waals surface area contributed by atoms with Gasteiger partial charge in [0.2, 0.25) is 10.0 Å². The van der Waals surface area contributed by atoms with Crippen LogP contribution in [0, 0.1) is 0 Å². The molecule has 2 aromatic carbocycles. The van der Waals surface area contributed by atoms with Crippen LogP contribution in [0.3, 0.4) is 0 Å². The van der Waals surface area contributed by atoms with E-state index in [0.29, 0.717) is 17.2 Å². The zero-order chi connectivity index (χ0) is 17.9. The van der Waals surface area contributed by atoms with Crippen molar-refractivity contribution in [1.82, 2.24) is 0 Å². The van der Waals surface area contributed by atoms with Gasteiger partial charge in [-0.05, 0) is 41.8 Å². The minimum absolute atomic E-state index is 0.122. The molecular formula is C17H20N2O4S. The molecule has 0 unspecified atom stereocenters. The Morgan fingerprint density at radius 2 is 1.75 bits per heavy atom. The largest absolute Gasteiger partial charge is 0.495 e. The first-order chi connectivity index (χ1) is 11.2. The molecule has 1 amide bonds. The summed E-state index contributed by atoms with van der Waals surface area (Å²) in [7, 11) is -2.61. The third-order valence-electron chi connectivity index (χ3n) is 3.57. The van der Waals surface area contributed by atoms with Gasteiger partial charge in [-0.2, -0.15) is 0 Å². The number of carbonyl (C=O) groups is 1. The number of benzene rings is 2. The first-order valence-electron chi connectivity index (χ1n) is 7.34. The van der Waals surface area contributed by atoms with Crippen molar-refractivity contribution >= 4 is 21.6 Å². The Hall–Kier alpha value is -2.38. The molecule has 0 aliphatic carbocycles. The lowest BCUT2D eigenvalue weighted by Gasteiger charge is -2.11. The number of hydrogen-bond acceptors (Lipinski definition) is 4. The van der Waals surface area contributed by atoms with E-state index in [9.17, 15) is 13.2 Å². The molecule has 0 radical (unpaired) electrons. The molecule has 7 heteroatoms. The predicted octanol–water partition coefficient (Wildman–Crippen LogP) is 2.72. The molecule has 128 valence electrons. The van der Waals surface area contributed by atoms with Gasteiger partial charge in [-0.15, -0.1) is 0 Å². The number of methoxy groups -OCH3 is 1. The molecule has 0 atom stereocenters. The van der Waals surface area contributed by atoms with Crippen LogP contribution in [-0.2, 0) is 10.0 Å². The van der Waals surface area contributed by atoms with Crippen LogP contribution >= 0.6 is 0 Å². The quantitative estimate of drug-likeness (QED) is 0.868. The molecule has 3 N–H and O–H groups in total. The van der Waals surface area contributed by atoms with Crippen LogP contribution in [-0.4, -0.2) is 21.4 Å². The number of amides is 1. The molecule has 0 aliphatic rings. The number of sulfonamides is 1. The van der Waals surface area contributed by atoms with E-state index in [-0.39, 0.29) is 16.6 Å². The summed E-state index contributed by atoms with van der Waals surface area (Å²) in [5.74, 6) is 0.161. The molecular weight excluding hydrogens is 328 g/mol. The first-order valence-corrected chi connectivity index (χ1v) is 8.89. The van der Waals surface area contributed by atoms with Crippen molar-refractivity contribution in [2.24, 2.45) is 5.14 Å². The third kappa shape index (κ3) is 4.12. The van der Waals surface area contributed by atoms with E-state index in [1.165, 1.54) is 19.2 Å². The predicted molar refractivity (Wildman–Crippen MR) is 92.9 cm³/mol. The lowest BCUT2D eigenvalue weighted by molar-refractivity contribution is 0.102. The van der Waals surface area contributed by atoms with Crippen LogP contribution in [0.2, 0.25) is 0 Å². The molecule has 0 saturated heterocycles. The van der Waals surface area contributed by atoms with Gasteiger partial charge in [0, 0.05) is 11.3 Å². The number of ether oxygens (including phenoxy) is 1. The van der Waals surface area contributed by atoms with Crippen molar-refractivity contribution in [3.63, 3.8) is 0 Å². The lowest BCUT2D eigenvalue weighted by Crippen LogP contribution is -2.16. The average molecular weight is 348 g/mol. The fourth-order valence-corrected chi connectivity index (χ4v) is 2.92. The van der Waals surface area contributed by atoms with Crippen LogP contribution in [0.1, 0.15) is 35.7 Å². The first kappa shape index (κ1) is 18.0. The summed E-state index contributed by atoms with van der Waals surface area (Å²) in [5, 5.41) is 7.82. The van der Waals surface area contributed by atoms with Crippen molar-refractivity contribution in [2.75, 3.05) is 12.4 Å². The molecule has 0 heterocycles. The maximum atomic E-state index is 12.3. The Kier molecular flexibility index (Phi) is 5.26. The van der Waals surface area contributed by atoms with Crippen molar-refractivity contribution < 1.29 is 17.9 Å². The lowest BCUT2D eigenvalue weighted by atomic mass is 10.0. The highest BCUT2D eigenvalue weighted by Gasteiger charge is 2.16. The molecule has 0 saturated carbocycles. The van der Waals surface area contributed by atoms with Crippen LogP contribution in [0.25, 0.3) is 0 Å². The van der Waals surface area contributed by atoms with Gasteiger partial charge in [-0.1, -0.05) is 26.0 Å². The van der Waals surface area contributed by atoms with E-state index >= 15 is 0 Å². The number of anilines is 1. The molecule has 0 fully saturated rings. The summed E-state index contributed by atoms with van der Waals surface area (Å²) >= 11 is 0. The number of nitrogens with two attached hydrogens (primary N) is 1. The molecule has 6 nitrogen and oxygen atoms in total. The number of rotatable bonds is 5. The average Bonchev–Trinajstić information content (AvgIpc) is 2.54. The summed E-state index contributed by atoms with van der Waals surface area (Å²) in [4.78, 5) is 12.1. The zero-order valence-corrected chi connectivity index (χ0v) is 14.6. The molecule has 24 heavy (non-hydrogen) atoms. The van der Waals surface area contributed by atoms with Gasteiger partial charge in [0.25, 0.3) is 5.91 Å².